The fourth-order valence-corrected chi connectivity index (χ4v) is 1.45. The smallest absolute Gasteiger partial charge is 0.262 e. The number of hydrogen-bond donors (Lipinski definition) is 3. The summed E-state index contributed by atoms with van der Waals surface area (Å²) in [4.78, 5) is 22.2. The summed E-state index contributed by atoms with van der Waals surface area (Å²) < 4.78 is 25.5. The predicted octanol–water partition coefficient (Wildman–Crippen LogP) is -0.764. The van der Waals surface area contributed by atoms with Gasteiger partial charge in [0, 0.05) is 26.4 Å². The molecule has 7 heteroatoms. The molecule has 5 nitrogen and oxygen atoms in total. The van der Waals surface area contributed by atoms with E-state index in [1.807, 2.05) is 0 Å². The third kappa shape index (κ3) is 3.73. The molecule has 1 rings (SSSR count). The first kappa shape index (κ1) is 12.8. The molecule has 0 aliphatic carbocycles. The van der Waals surface area contributed by atoms with E-state index in [-0.39, 0.29) is 18.9 Å². The van der Waals surface area contributed by atoms with Gasteiger partial charge in [-0.05, 0) is 0 Å². The summed E-state index contributed by atoms with van der Waals surface area (Å²) in [7, 11) is 1.49. The summed E-state index contributed by atoms with van der Waals surface area (Å²) in [5.74, 6) is -3.51. The van der Waals surface area contributed by atoms with Gasteiger partial charge in [0.25, 0.3) is 5.92 Å². The molecular weight excluding hydrogens is 220 g/mol. The SMILES string of the molecule is CNC(=O)CCNC(=O)C1CC(F)(F)CN1. The molecule has 16 heavy (non-hydrogen) atoms. The van der Waals surface area contributed by atoms with Crippen molar-refractivity contribution in [3.63, 3.8) is 0 Å². The maximum Gasteiger partial charge on any atom is 0.262 e. The highest BCUT2D eigenvalue weighted by Gasteiger charge is 2.42. The van der Waals surface area contributed by atoms with Gasteiger partial charge in [0.1, 0.15) is 0 Å². The number of rotatable bonds is 4. The molecule has 1 aliphatic heterocycles. The molecule has 1 atom stereocenters. The summed E-state index contributed by atoms with van der Waals surface area (Å²) in [6.07, 6.45) is -0.343. The van der Waals surface area contributed by atoms with E-state index in [1.165, 1.54) is 7.05 Å². The van der Waals surface area contributed by atoms with E-state index in [2.05, 4.69) is 16.0 Å². The Morgan fingerprint density at radius 1 is 1.50 bits per heavy atom. The van der Waals surface area contributed by atoms with E-state index < -0.39 is 30.8 Å². The van der Waals surface area contributed by atoms with Gasteiger partial charge in [-0.25, -0.2) is 8.78 Å². The van der Waals surface area contributed by atoms with E-state index >= 15 is 0 Å². The summed E-state index contributed by atoms with van der Waals surface area (Å²) in [6.45, 7) is -0.317. The van der Waals surface area contributed by atoms with Crippen molar-refractivity contribution >= 4 is 11.8 Å². The average Bonchev–Trinajstić information content (AvgIpc) is 2.58. The zero-order valence-corrected chi connectivity index (χ0v) is 8.98. The molecule has 0 saturated carbocycles. The van der Waals surface area contributed by atoms with Crippen LogP contribution in [0.2, 0.25) is 0 Å². The number of nitrogens with one attached hydrogen (secondary N) is 3. The third-order valence-corrected chi connectivity index (χ3v) is 2.36. The molecule has 0 bridgehead atoms. The minimum atomic E-state index is -2.82. The van der Waals surface area contributed by atoms with Crippen LogP contribution in [-0.2, 0) is 9.59 Å². The molecule has 1 heterocycles. The van der Waals surface area contributed by atoms with Crippen LogP contribution in [0.5, 0.6) is 0 Å². The number of amides is 2. The highest BCUT2D eigenvalue weighted by atomic mass is 19.3. The van der Waals surface area contributed by atoms with E-state index in [0.29, 0.717) is 0 Å². The number of carbonyl (C=O) groups excluding carboxylic acids is 2. The lowest BCUT2D eigenvalue weighted by atomic mass is 10.2. The second-order valence-corrected chi connectivity index (χ2v) is 3.71. The number of alkyl halides is 2. The maximum absolute atomic E-state index is 12.8. The standard InChI is InChI=1S/C9H15F2N3O2/c1-12-7(15)2-3-13-8(16)6-4-9(10,11)5-14-6/h6,14H,2-5H2,1H3,(H,12,15)(H,13,16). The van der Waals surface area contributed by atoms with Crippen molar-refractivity contribution in [3.8, 4) is 0 Å². The molecule has 1 aliphatic rings. The van der Waals surface area contributed by atoms with Crippen LogP contribution < -0.4 is 16.0 Å². The van der Waals surface area contributed by atoms with E-state index in [9.17, 15) is 18.4 Å². The lowest BCUT2D eigenvalue weighted by Gasteiger charge is -2.10. The molecule has 92 valence electrons. The Morgan fingerprint density at radius 3 is 2.69 bits per heavy atom. The highest BCUT2D eigenvalue weighted by Crippen LogP contribution is 2.24. The van der Waals surface area contributed by atoms with Crippen LogP contribution in [0.1, 0.15) is 12.8 Å². The Labute approximate surface area is 92.0 Å². The minimum absolute atomic E-state index is 0.144. The first-order valence-corrected chi connectivity index (χ1v) is 5.04. The van der Waals surface area contributed by atoms with Gasteiger partial charge in [0.05, 0.1) is 12.6 Å². The van der Waals surface area contributed by atoms with Crippen molar-refractivity contribution < 1.29 is 18.4 Å². The summed E-state index contributed by atoms with van der Waals surface area (Å²) in [6, 6.07) is -0.861. The van der Waals surface area contributed by atoms with E-state index in [1.54, 1.807) is 0 Å². The Kier molecular flexibility index (Phi) is 4.17. The van der Waals surface area contributed by atoms with Crippen molar-refractivity contribution in [2.45, 2.75) is 24.8 Å². The van der Waals surface area contributed by atoms with Crippen LogP contribution in [0, 0.1) is 0 Å². The number of hydrogen-bond acceptors (Lipinski definition) is 3. The molecule has 3 N–H and O–H groups in total. The maximum atomic E-state index is 12.8. The highest BCUT2D eigenvalue weighted by molar-refractivity contribution is 5.83. The predicted molar refractivity (Wildman–Crippen MR) is 53.0 cm³/mol. The molecule has 0 aromatic carbocycles. The van der Waals surface area contributed by atoms with Crippen LogP contribution in [0.4, 0.5) is 8.78 Å². The molecule has 0 radical (unpaired) electrons. The van der Waals surface area contributed by atoms with E-state index in [0.717, 1.165) is 0 Å². The molecule has 0 aromatic heterocycles. The first-order valence-electron chi connectivity index (χ1n) is 5.04. The molecule has 0 aromatic rings. The normalized spacial score (nSPS) is 22.8. The fraction of sp³-hybridized carbons (Fsp3) is 0.778. The van der Waals surface area contributed by atoms with E-state index in [4.69, 9.17) is 0 Å². The monoisotopic (exact) mass is 235 g/mol. The lowest BCUT2D eigenvalue weighted by molar-refractivity contribution is -0.123. The molecule has 1 saturated heterocycles. The molecule has 1 fully saturated rings. The molecule has 1 unspecified atom stereocenters. The van der Waals surface area contributed by atoms with Crippen molar-refractivity contribution in [3.05, 3.63) is 0 Å². The Bertz CT molecular complexity index is 284. The van der Waals surface area contributed by atoms with Crippen molar-refractivity contribution in [2.24, 2.45) is 0 Å². The molecule has 0 spiro atoms. The largest absolute Gasteiger partial charge is 0.359 e. The van der Waals surface area contributed by atoms with Gasteiger partial charge in [-0.3, -0.25) is 14.9 Å². The van der Waals surface area contributed by atoms with Gasteiger partial charge in [-0.2, -0.15) is 0 Å². The van der Waals surface area contributed by atoms with Crippen LogP contribution in [0.15, 0.2) is 0 Å². The Hall–Kier alpha value is -1.24. The minimum Gasteiger partial charge on any atom is -0.359 e. The zero-order chi connectivity index (χ0) is 12.2. The summed E-state index contributed by atoms with van der Waals surface area (Å²) in [5.41, 5.74) is 0. The van der Waals surface area contributed by atoms with Crippen LogP contribution >= 0.6 is 0 Å². The molecular formula is C9H15F2N3O2. The van der Waals surface area contributed by atoms with Gasteiger partial charge in [0.2, 0.25) is 11.8 Å². The summed E-state index contributed by atoms with van der Waals surface area (Å²) in [5, 5.41) is 7.26. The van der Waals surface area contributed by atoms with Crippen LogP contribution in [0.3, 0.4) is 0 Å². The average molecular weight is 235 g/mol. The van der Waals surface area contributed by atoms with Gasteiger partial charge < -0.3 is 10.6 Å². The number of halogens is 2. The quantitative estimate of drug-likeness (QED) is 0.599. The Morgan fingerprint density at radius 2 is 2.19 bits per heavy atom. The van der Waals surface area contributed by atoms with Gasteiger partial charge in [-0.1, -0.05) is 0 Å². The Balaban J connectivity index is 2.24. The summed E-state index contributed by atoms with van der Waals surface area (Å²) >= 11 is 0. The van der Waals surface area contributed by atoms with Gasteiger partial charge >= 0.3 is 0 Å². The van der Waals surface area contributed by atoms with Crippen molar-refractivity contribution in [1.29, 1.82) is 0 Å². The molecule has 2 amide bonds. The zero-order valence-electron chi connectivity index (χ0n) is 8.98. The second-order valence-electron chi connectivity index (χ2n) is 3.71. The first-order chi connectivity index (χ1) is 7.44. The second kappa shape index (κ2) is 5.20. The third-order valence-electron chi connectivity index (χ3n) is 2.36. The van der Waals surface area contributed by atoms with Gasteiger partial charge in [0.15, 0.2) is 0 Å². The fourth-order valence-electron chi connectivity index (χ4n) is 1.45. The van der Waals surface area contributed by atoms with Crippen LogP contribution in [0.25, 0.3) is 0 Å². The topological polar surface area (TPSA) is 70.2 Å². The van der Waals surface area contributed by atoms with Crippen LogP contribution in [-0.4, -0.2) is 43.9 Å². The van der Waals surface area contributed by atoms with Crippen molar-refractivity contribution in [2.75, 3.05) is 20.1 Å². The van der Waals surface area contributed by atoms with Gasteiger partial charge in [-0.15, -0.1) is 0 Å². The van der Waals surface area contributed by atoms with Crippen molar-refractivity contribution in [1.82, 2.24) is 16.0 Å². The lowest BCUT2D eigenvalue weighted by Crippen LogP contribution is -2.41. The number of carbonyl (C=O) groups is 2.